The number of rotatable bonds is 8. The van der Waals surface area contributed by atoms with Crippen LogP contribution in [0.2, 0.25) is 5.02 Å². The molecular formula is C17H25Cl2N3O2. The van der Waals surface area contributed by atoms with E-state index in [1.165, 1.54) is 6.42 Å². The van der Waals surface area contributed by atoms with Crippen molar-refractivity contribution < 1.29 is 9.59 Å². The number of nitrogens with one attached hydrogen (secondary N) is 3. The summed E-state index contributed by atoms with van der Waals surface area (Å²) in [5, 5.41) is 9.67. The summed E-state index contributed by atoms with van der Waals surface area (Å²) in [4.78, 5) is 23.6. The molecule has 1 aliphatic heterocycles. The van der Waals surface area contributed by atoms with Crippen LogP contribution in [-0.4, -0.2) is 38.0 Å². The normalized spacial score (nSPS) is 16.3. The van der Waals surface area contributed by atoms with E-state index < -0.39 is 0 Å². The van der Waals surface area contributed by atoms with Gasteiger partial charge in [0.15, 0.2) is 0 Å². The average molecular weight is 374 g/mol. The summed E-state index contributed by atoms with van der Waals surface area (Å²) < 4.78 is 0. The Morgan fingerprint density at radius 3 is 2.58 bits per heavy atom. The van der Waals surface area contributed by atoms with Crippen molar-refractivity contribution in [3.8, 4) is 0 Å². The second kappa shape index (κ2) is 11.3. The highest BCUT2D eigenvalue weighted by Crippen LogP contribution is 2.11. The summed E-state index contributed by atoms with van der Waals surface area (Å²) in [7, 11) is 0. The molecule has 0 bridgehead atoms. The predicted octanol–water partition coefficient (Wildman–Crippen LogP) is 2.39. The van der Waals surface area contributed by atoms with Crippen molar-refractivity contribution in [1.29, 1.82) is 0 Å². The van der Waals surface area contributed by atoms with Crippen molar-refractivity contribution in [3.63, 3.8) is 0 Å². The molecule has 1 aliphatic rings. The Hall–Kier alpha value is -1.30. The van der Waals surface area contributed by atoms with Crippen molar-refractivity contribution >= 4 is 35.8 Å². The van der Waals surface area contributed by atoms with E-state index in [2.05, 4.69) is 16.0 Å². The maximum Gasteiger partial charge on any atom is 0.251 e. The third kappa shape index (κ3) is 7.51. The molecule has 0 aromatic heterocycles. The largest absolute Gasteiger partial charge is 0.356 e. The Kier molecular flexibility index (Phi) is 9.76. The van der Waals surface area contributed by atoms with Crippen LogP contribution in [0.3, 0.4) is 0 Å². The van der Waals surface area contributed by atoms with Crippen molar-refractivity contribution in [1.82, 2.24) is 16.0 Å². The number of hydrogen-bond donors (Lipinski definition) is 3. The summed E-state index contributed by atoms with van der Waals surface area (Å²) in [5.74, 6) is 0.599. The third-order valence-electron chi connectivity index (χ3n) is 4.01. The zero-order chi connectivity index (χ0) is 16.5. The Morgan fingerprint density at radius 2 is 1.92 bits per heavy atom. The van der Waals surface area contributed by atoms with Gasteiger partial charge < -0.3 is 16.0 Å². The number of carbonyl (C=O) groups excluding carboxylic acids is 2. The first-order valence-electron chi connectivity index (χ1n) is 8.16. The van der Waals surface area contributed by atoms with Gasteiger partial charge in [0.1, 0.15) is 0 Å². The molecule has 3 N–H and O–H groups in total. The van der Waals surface area contributed by atoms with E-state index in [9.17, 15) is 9.59 Å². The minimum absolute atomic E-state index is 0. The van der Waals surface area contributed by atoms with Gasteiger partial charge in [-0.15, -0.1) is 12.4 Å². The van der Waals surface area contributed by atoms with Gasteiger partial charge in [0.2, 0.25) is 5.91 Å². The van der Waals surface area contributed by atoms with Crippen LogP contribution in [0, 0.1) is 5.92 Å². The summed E-state index contributed by atoms with van der Waals surface area (Å²) in [5.41, 5.74) is 0.573. The standard InChI is InChI=1S/C17H24ClN3O2.ClH/c18-15-5-3-14(4-6-15)17(23)21-9-1-2-16(22)20-11-8-13-7-10-19-12-13;/h3-6,13,19H,1-2,7-12H2,(H,20,22)(H,21,23);1H. The van der Waals surface area contributed by atoms with E-state index in [-0.39, 0.29) is 24.2 Å². The van der Waals surface area contributed by atoms with Crippen LogP contribution < -0.4 is 16.0 Å². The van der Waals surface area contributed by atoms with E-state index in [0.29, 0.717) is 35.9 Å². The molecule has 7 heteroatoms. The molecule has 1 atom stereocenters. The van der Waals surface area contributed by atoms with Gasteiger partial charge in [-0.05, 0) is 62.5 Å². The van der Waals surface area contributed by atoms with E-state index in [4.69, 9.17) is 11.6 Å². The first-order valence-corrected chi connectivity index (χ1v) is 8.54. The Labute approximate surface area is 154 Å². The Balaban J connectivity index is 0.00000288. The van der Waals surface area contributed by atoms with Gasteiger partial charge >= 0.3 is 0 Å². The number of hydrogen-bond acceptors (Lipinski definition) is 3. The molecule has 1 aromatic rings. The molecule has 2 rings (SSSR count). The van der Waals surface area contributed by atoms with Crippen molar-refractivity contribution in [2.24, 2.45) is 5.92 Å². The lowest BCUT2D eigenvalue weighted by Gasteiger charge is -2.09. The molecule has 1 saturated heterocycles. The van der Waals surface area contributed by atoms with Gasteiger partial charge in [0.25, 0.3) is 5.91 Å². The lowest BCUT2D eigenvalue weighted by atomic mass is 10.1. The van der Waals surface area contributed by atoms with Crippen LogP contribution in [-0.2, 0) is 4.79 Å². The lowest BCUT2D eigenvalue weighted by molar-refractivity contribution is -0.121. The molecule has 1 heterocycles. The van der Waals surface area contributed by atoms with E-state index >= 15 is 0 Å². The number of amides is 2. The number of benzene rings is 1. The van der Waals surface area contributed by atoms with Crippen molar-refractivity contribution in [2.75, 3.05) is 26.2 Å². The van der Waals surface area contributed by atoms with Crippen LogP contribution in [0.5, 0.6) is 0 Å². The van der Waals surface area contributed by atoms with E-state index in [1.54, 1.807) is 24.3 Å². The fourth-order valence-corrected chi connectivity index (χ4v) is 2.75. The highest BCUT2D eigenvalue weighted by molar-refractivity contribution is 6.30. The summed E-state index contributed by atoms with van der Waals surface area (Å²) in [6, 6.07) is 6.73. The monoisotopic (exact) mass is 373 g/mol. The highest BCUT2D eigenvalue weighted by Gasteiger charge is 2.14. The molecule has 1 fully saturated rings. The van der Waals surface area contributed by atoms with Crippen LogP contribution >= 0.6 is 24.0 Å². The minimum Gasteiger partial charge on any atom is -0.356 e. The SMILES string of the molecule is Cl.O=C(CCCNC(=O)c1ccc(Cl)cc1)NCCC1CCNC1. The quantitative estimate of drug-likeness (QED) is 0.612. The summed E-state index contributed by atoms with van der Waals surface area (Å²) in [6.45, 7) is 3.38. The van der Waals surface area contributed by atoms with Gasteiger partial charge in [-0.1, -0.05) is 11.6 Å². The molecule has 1 unspecified atom stereocenters. The fourth-order valence-electron chi connectivity index (χ4n) is 2.62. The van der Waals surface area contributed by atoms with E-state index in [0.717, 1.165) is 26.1 Å². The van der Waals surface area contributed by atoms with Crippen LogP contribution in [0.1, 0.15) is 36.0 Å². The molecular weight excluding hydrogens is 349 g/mol. The molecule has 24 heavy (non-hydrogen) atoms. The van der Waals surface area contributed by atoms with Crippen LogP contribution in [0.15, 0.2) is 24.3 Å². The van der Waals surface area contributed by atoms with E-state index in [1.807, 2.05) is 0 Å². The van der Waals surface area contributed by atoms with Gasteiger partial charge in [-0.2, -0.15) is 0 Å². The number of halogens is 2. The molecule has 0 radical (unpaired) electrons. The molecule has 5 nitrogen and oxygen atoms in total. The molecule has 1 aromatic carbocycles. The van der Waals surface area contributed by atoms with Gasteiger partial charge in [0, 0.05) is 30.1 Å². The van der Waals surface area contributed by atoms with Crippen molar-refractivity contribution in [3.05, 3.63) is 34.9 Å². The highest BCUT2D eigenvalue weighted by atomic mass is 35.5. The van der Waals surface area contributed by atoms with Gasteiger partial charge in [-0.3, -0.25) is 9.59 Å². The third-order valence-corrected chi connectivity index (χ3v) is 4.26. The molecule has 0 aliphatic carbocycles. The second-order valence-corrected chi connectivity index (χ2v) is 6.30. The van der Waals surface area contributed by atoms with Gasteiger partial charge in [0.05, 0.1) is 0 Å². The van der Waals surface area contributed by atoms with Crippen molar-refractivity contribution in [2.45, 2.75) is 25.7 Å². The molecule has 134 valence electrons. The minimum atomic E-state index is -0.143. The summed E-state index contributed by atoms with van der Waals surface area (Å²) >= 11 is 5.78. The maximum atomic E-state index is 11.9. The Bertz CT molecular complexity index is 517. The zero-order valence-electron chi connectivity index (χ0n) is 13.6. The zero-order valence-corrected chi connectivity index (χ0v) is 15.2. The van der Waals surface area contributed by atoms with Crippen LogP contribution in [0.4, 0.5) is 0 Å². The smallest absolute Gasteiger partial charge is 0.251 e. The maximum absolute atomic E-state index is 11.9. The topological polar surface area (TPSA) is 70.2 Å². The molecule has 2 amide bonds. The first kappa shape index (κ1) is 20.7. The predicted molar refractivity (Wildman–Crippen MR) is 98.9 cm³/mol. The molecule has 0 saturated carbocycles. The molecule has 0 spiro atoms. The Morgan fingerprint density at radius 1 is 1.17 bits per heavy atom. The lowest BCUT2D eigenvalue weighted by Crippen LogP contribution is -2.28. The van der Waals surface area contributed by atoms with Gasteiger partial charge in [-0.25, -0.2) is 0 Å². The fraction of sp³-hybridized carbons (Fsp3) is 0.529. The average Bonchev–Trinajstić information content (AvgIpc) is 3.05. The first-order chi connectivity index (χ1) is 11.1. The summed E-state index contributed by atoms with van der Waals surface area (Å²) in [6.07, 6.45) is 3.30. The second-order valence-electron chi connectivity index (χ2n) is 5.86. The number of carbonyl (C=O) groups is 2. The van der Waals surface area contributed by atoms with Crippen LogP contribution in [0.25, 0.3) is 0 Å².